The normalized spacial score (nSPS) is 11.6. The molecule has 10 nitrogen and oxygen atoms in total. The number of rotatable bonds is 7. The summed E-state index contributed by atoms with van der Waals surface area (Å²) < 4.78 is 1.23. The standard InChI is InChI=1S/C28H22N6O4/c35-26(23-16-9-10-18-29-23)33(21-13-5-2-6-14-21)27(36)25(34-24-17-8-7-15-22(24)30-31-34)32(28(37)38)19-20-11-3-1-4-12-20/h1-18,25H,19H2,(H,37,38). The molecule has 0 saturated heterocycles. The lowest BCUT2D eigenvalue weighted by atomic mass is 10.2. The highest BCUT2D eigenvalue weighted by atomic mass is 16.4. The molecule has 0 bridgehead atoms. The maximum absolute atomic E-state index is 14.4. The largest absolute Gasteiger partial charge is 0.465 e. The molecular weight excluding hydrogens is 484 g/mol. The predicted molar refractivity (Wildman–Crippen MR) is 139 cm³/mol. The SMILES string of the molecule is O=C(c1ccccn1)N(C(=O)C(N(Cc1ccccc1)C(=O)O)n1nnc2ccccc21)c1ccccc1. The highest BCUT2D eigenvalue weighted by molar-refractivity contribution is 6.21. The van der Waals surface area contributed by atoms with Crippen LogP contribution in [0.1, 0.15) is 22.2 Å². The lowest BCUT2D eigenvalue weighted by Gasteiger charge is -2.32. The summed E-state index contributed by atoms with van der Waals surface area (Å²) in [4.78, 5) is 46.8. The highest BCUT2D eigenvalue weighted by Gasteiger charge is 2.40. The molecule has 3 amide bonds. The minimum Gasteiger partial charge on any atom is -0.465 e. The third-order valence-electron chi connectivity index (χ3n) is 5.89. The molecule has 3 aromatic carbocycles. The van der Waals surface area contributed by atoms with Crippen molar-refractivity contribution in [2.24, 2.45) is 0 Å². The van der Waals surface area contributed by atoms with Gasteiger partial charge in [-0.05, 0) is 42.0 Å². The first-order valence-corrected chi connectivity index (χ1v) is 11.7. The van der Waals surface area contributed by atoms with E-state index in [0.717, 1.165) is 9.80 Å². The number of amides is 3. The van der Waals surface area contributed by atoms with Crippen LogP contribution in [0.2, 0.25) is 0 Å². The van der Waals surface area contributed by atoms with E-state index in [1.54, 1.807) is 91.0 Å². The molecule has 0 fully saturated rings. The molecule has 1 atom stereocenters. The van der Waals surface area contributed by atoms with Gasteiger partial charge in [0.05, 0.1) is 17.7 Å². The zero-order valence-electron chi connectivity index (χ0n) is 20.0. The number of hydrogen-bond acceptors (Lipinski definition) is 6. The van der Waals surface area contributed by atoms with Gasteiger partial charge in [-0.2, -0.15) is 0 Å². The Hall–Kier alpha value is -5.38. The van der Waals surface area contributed by atoms with Crippen LogP contribution in [0.15, 0.2) is 109 Å². The van der Waals surface area contributed by atoms with Crippen LogP contribution in [0.4, 0.5) is 10.5 Å². The second-order valence-electron chi connectivity index (χ2n) is 8.32. The summed E-state index contributed by atoms with van der Waals surface area (Å²) in [6.45, 7) is -0.138. The molecule has 5 aromatic rings. The second-order valence-corrected chi connectivity index (χ2v) is 8.32. The molecule has 10 heteroatoms. The van der Waals surface area contributed by atoms with Crippen molar-refractivity contribution in [2.75, 3.05) is 4.90 Å². The first kappa shape index (κ1) is 24.3. The van der Waals surface area contributed by atoms with E-state index in [-0.39, 0.29) is 17.9 Å². The minimum absolute atomic E-state index is 0.0248. The lowest BCUT2D eigenvalue weighted by molar-refractivity contribution is -0.126. The summed E-state index contributed by atoms with van der Waals surface area (Å²) in [6, 6.07) is 28.8. The predicted octanol–water partition coefficient (Wildman–Crippen LogP) is 4.38. The Bertz CT molecular complexity index is 1570. The number of anilines is 1. The van der Waals surface area contributed by atoms with Crippen molar-refractivity contribution in [2.45, 2.75) is 12.7 Å². The van der Waals surface area contributed by atoms with Crippen LogP contribution in [0.5, 0.6) is 0 Å². The van der Waals surface area contributed by atoms with Gasteiger partial charge in [0.15, 0.2) is 0 Å². The number of nitrogens with zero attached hydrogens (tertiary/aromatic N) is 6. The van der Waals surface area contributed by atoms with Gasteiger partial charge < -0.3 is 5.11 Å². The summed E-state index contributed by atoms with van der Waals surface area (Å²) in [7, 11) is 0. The fraction of sp³-hybridized carbons (Fsp3) is 0.0714. The van der Waals surface area contributed by atoms with Crippen molar-refractivity contribution in [3.8, 4) is 0 Å². The molecule has 2 heterocycles. The molecule has 0 aliphatic carbocycles. The van der Waals surface area contributed by atoms with Crippen LogP contribution in [0, 0.1) is 0 Å². The third kappa shape index (κ3) is 4.82. The Morgan fingerprint density at radius 2 is 1.47 bits per heavy atom. The number of carbonyl (C=O) groups excluding carboxylic acids is 2. The number of benzene rings is 3. The molecule has 0 spiro atoms. The van der Waals surface area contributed by atoms with Gasteiger partial charge >= 0.3 is 6.09 Å². The van der Waals surface area contributed by atoms with Gasteiger partial charge in [-0.25, -0.2) is 14.4 Å². The Morgan fingerprint density at radius 3 is 2.16 bits per heavy atom. The fourth-order valence-electron chi connectivity index (χ4n) is 4.12. The van der Waals surface area contributed by atoms with E-state index < -0.39 is 24.1 Å². The van der Waals surface area contributed by atoms with E-state index in [1.807, 2.05) is 6.07 Å². The first-order chi connectivity index (χ1) is 18.5. The van der Waals surface area contributed by atoms with Crippen molar-refractivity contribution in [1.29, 1.82) is 0 Å². The van der Waals surface area contributed by atoms with Crippen LogP contribution in [0.25, 0.3) is 11.0 Å². The van der Waals surface area contributed by atoms with E-state index in [0.29, 0.717) is 16.6 Å². The maximum atomic E-state index is 14.4. The quantitative estimate of drug-likeness (QED) is 0.348. The van der Waals surface area contributed by atoms with Gasteiger partial charge in [0.1, 0.15) is 11.2 Å². The van der Waals surface area contributed by atoms with Crippen LogP contribution < -0.4 is 4.90 Å². The monoisotopic (exact) mass is 506 g/mol. The Labute approximate surface area is 217 Å². The van der Waals surface area contributed by atoms with Gasteiger partial charge in [0, 0.05) is 6.20 Å². The van der Waals surface area contributed by atoms with Gasteiger partial charge in [0.25, 0.3) is 11.8 Å². The molecule has 1 unspecified atom stereocenters. The first-order valence-electron chi connectivity index (χ1n) is 11.7. The highest BCUT2D eigenvalue weighted by Crippen LogP contribution is 2.27. The van der Waals surface area contributed by atoms with Gasteiger partial charge in [-0.1, -0.05) is 71.9 Å². The topological polar surface area (TPSA) is 122 Å². The van der Waals surface area contributed by atoms with Crippen LogP contribution in [0.3, 0.4) is 0 Å². The summed E-state index contributed by atoms with van der Waals surface area (Å²) in [5, 5.41) is 18.6. The molecule has 2 aromatic heterocycles. The molecule has 0 aliphatic rings. The van der Waals surface area contributed by atoms with E-state index in [1.165, 1.54) is 16.9 Å². The average Bonchev–Trinajstić information content (AvgIpc) is 3.38. The van der Waals surface area contributed by atoms with Crippen molar-refractivity contribution in [3.05, 3.63) is 121 Å². The molecule has 1 N–H and O–H groups in total. The Kier molecular flexibility index (Phi) is 6.85. The number of carbonyl (C=O) groups is 3. The van der Waals surface area contributed by atoms with Gasteiger partial charge in [-0.15, -0.1) is 5.10 Å². The summed E-state index contributed by atoms with van der Waals surface area (Å²) in [5.74, 6) is -1.54. The van der Waals surface area contributed by atoms with Crippen LogP contribution >= 0.6 is 0 Å². The zero-order valence-corrected chi connectivity index (χ0v) is 20.0. The second kappa shape index (κ2) is 10.7. The molecule has 0 radical (unpaired) electrons. The van der Waals surface area contributed by atoms with E-state index >= 15 is 0 Å². The van der Waals surface area contributed by atoms with Crippen molar-refractivity contribution >= 4 is 34.6 Å². The van der Waals surface area contributed by atoms with Crippen molar-refractivity contribution in [1.82, 2.24) is 24.9 Å². The molecule has 0 aliphatic heterocycles. The maximum Gasteiger partial charge on any atom is 0.409 e. The van der Waals surface area contributed by atoms with E-state index in [2.05, 4.69) is 15.3 Å². The number of carboxylic acid groups (broad SMARTS) is 1. The number of fused-ring (bicyclic) bond motifs is 1. The molecule has 188 valence electrons. The zero-order chi connectivity index (χ0) is 26.5. The van der Waals surface area contributed by atoms with E-state index in [4.69, 9.17) is 0 Å². The van der Waals surface area contributed by atoms with Crippen molar-refractivity contribution < 1.29 is 19.5 Å². The van der Waals surface area contributed by atoms with Crippen LogP contribution in [-0.4, -0.2) is 47.9 Å². The molecule has 38 heavy (non-hydrogen) atoms. The average molecular weight is 507 g/mol. The minimum atomic E-state index is -1.56. The Morgan fingerprint density at radius 1 is 0.816 bits per heavy atom. The number of pyridine rings is 1. The Balaban J connectivity index is 1.68. The molecule has 5 rings (SSSR count). The summed E-state index contributed by atoms with van der Waals surface area (Å²) in [5.41, 5.74) is 1.84. The van der Waals surface area contributed by atoms with Gasteiger partial charge in [0.2, 0.25) is 6.17 Å². The summed E-state index contributed by atoms with van der Waals surface area (Å²) >= 11 is 0. The number of imide groups is 1. The molecule has 0 saturated carbocycles. The van der Waals surface area contributed by atoms with E-state index in [9.17, 15) is 19.5 Å². The summed E-state index contributed by atoms with van der Waals surface area (Å²) in [6.07, 6.45) is -1.49. The lowest BCUT2D eigenvalue weighted by Crippen LogP contribution is -2.50. The number of aromatic nitrogens is 4. The molecular formula is C28H22N6O4. The number of hydrogen-bond donors (Lipinski definition) is 1. The van der Waals surface area contributed by atoms with Crippen LogP contribution in [-0.2, 0) is 11.3 Å². The smallest absolute Gasteiger partial charge is 0.409 e. The van der Waals surface area contributed by atoms with Gasteiger partial charge in [-0.3, -0.25) is 19.5 Å². The van der Waals surface area contributed by atoms with Crippen molar-refractivity contribution in [3.63, 3.8) is 0 Å². The number of para-hydroxylation sites is 2. The fourth-order valence-corrected chi connectivity index (χ4v) is 4.12. The third-order valence-corrected chi connectivity index (χ3v) is 5.89.